The maximum Gasteiger partial charge on any atom is 0.0546 e. The van der Waals surface area contributed by atoms with Gasteiger partial charge in [-0.3, -0.25) is 0 Å². The zero-order valence-electron chi connectivity index (χ0n) is 34.1. The lowest BCUT2D eigenvalue weighted by molar-refractivity contribution is 0.660. The fraction of sp³-hybridized carbons (Fsp3) is 0.0508. The van der Waals surface area contributed by atoms with Crippen LogP contribution in [-0.2, 0) is 5.41 Å². The summed E-state index contributed by atoms with van der Waals surface area (Å²) < 4.78 is 2.59. The normalized spacial score (nSPS) is 12.9. The first kappa shape index (κ1) is 35.7. The van der Waals surface area contributed by atoms with Gasteiger partial charge in [0.2, 0.25) is 0 Å². The third-order valence-electron chi connectivity index (χ3n) is 13.0. The molecule has 11 aromatic rings. The number of hydrogen-bond donors (Lipinski definition) is 0. The highest BCUT2D eigenvalue weighted by Crippen LogP contribution is 2.53. The zero-order chi connectivity index (χ0) is 40.7. The monoisotopic (exact) mass is 795 g/mol. The molecule has 1 nitrogen and oxygen atoms in total. The van der Waals surface area contributed by atoms with Crippen LogP contribution in [0.1, 0.15) is 25.0 Å². The molecule has 0 unspecified atom stereocenters. The summed E-state index contributed by atoms with van der Waals surface area (Å²) in [6, 6.07) is 78.9. The molecule has 0 saturated heterocycles. The highest BCUT2D eigenvalue weighted by atomic mass is 32.1. The third-order valence-corrected chi connectivity index (χ3v) is 14.2. The summed E-state index contributed by atoms with van der Waals surface area (Å²) in [5, 5.41) is 7.61. The molecule has 1 aliphatic rings. The maximum absolute atomic E-state index is 2.53. The van der Waals surface area contributed by atoms with E-state index in [-0.39, 0.29) is 5.41 Å². The average Bonchev–Trinajstić information content (AvgIpc) is 3.80. The lowest BCUT2D eigenvalue weighted by Gasteiger charge is -2.31. The molecule has 12 rings (SSSR count). The number of rotatable bonds is 6. The molecule has 288 valence electrons. The van der Waals surface area contributed by atoms with Gasteiger partial charge >= 0.3 is 0 Å². The molecule has 61 heavy (non-hydrogen) atoms. The van der Waals surface area contributed by atoms with Gasteiger partial charge in [-0.25, -0.2) is 0 Å². The van der Waals surface area contributed by atoms with Crippen LogP contribution in [0.25, 0.3) is 86.2 Å². The molecular formula is C59H41NS. The molecule has 0 radical (unpaired) electrons. The summed E-state index contributed by atoms with van der Waals surface area (Å²) in [4.78, 5) is 2.53. The van der Waals surface area contributed by atoms with E-state index in [4.69, 9.17) is 0 Å². The molecule has 10 aromatic carbocycles. The van der Waals surface area contributed by atoms with Crippen LogP contribution in [0.4, 0.5) is 17.1 Å². The van der Waals surface area contributed by atoms with Gasteiger partial charge in [0.05, 0.1) is 5.69 Å². The predicted molar refractivity (Wildman–Crippen MR) is 263 cm³/mol. The van der Waals surface area contributed by atoms with E-state index >= 15 is 0 Å². The van der Waals surface area contributed by atoms with Gasteiger partial charge < -0.3 is 4.90 Å². The molecule has 0 N–H and O–H groups in total. The van der Waals surface area contributed by atoms with Gasteiger partial charge in [-0.2, -0.15) is 0 Å². The molecule has 0 fully saturated rings. The van der Waals surface area contributed by atoms with E-state index in [1.54, 1.807) is 0 Å². The van der Waals surface area contributed by atoms with Crippen molar-refractivity contribution in [1.29, 1.82) is 0 Å². The second kappa shape index (κ2) is 13.9. The van der Waals surface area contributed by atoms with E-state index in [1.807, 2.05) is 11.3 Å². The van der Waals surface area contributed by atoms with Crippen LogP contribution < -0.4 is 4.90 Å². The Kier molecular flexibility index (Phi) is 8.13. The largest absolute Gasteiger partial charge is 0.310 e. The predicted octanol–water partition coefficient (Wildman–Crippen LogP) is 17.1. The Morgan fingerprint density at radius 3 is 1.87 bits per heavy atom. The van der Waals surface area contributed by atoms with Crippen LogP contribution >= 0.6 is 11.3 Å². The number of hydrogen-bond acceptors (Lipinski definition) is 2. The van der Waals surface area contributed by atoms with Crippen molar-refractivity contribution in [1.82, 2.24) is 0 Å². The summed E-state index contributed by atoms with van der Waals surface area (Å²) in [6.07, 6.45) is 0. The van der Waals surface area contributed by atoms with Crippen molar-refractivity contribution in [3.05, 3.63) is 223 Å². The standard InChI is InChI=1S/C59H41NS/c1-59(2)53-27-12-10-24-47(53)48-32-30-42(36-54(48)59)60(43-31-33-50-49-25-11-13-29-56(49)61-57(50)37-43)55-28-15-26-51(58(55)41-20-14-19-39(34-41)38-16-4-3-5-17-38)52-35-40-18-6-7-21-44(40)45-22-8-9-23-46(45)52/h3-37H,1-2H3. The van der Waals surface area contributed by atoms with Gasteiger partial charge in [0.15, 0.2) is 0 Å². The molecule has 0 atom stereocenters. The van der Waals surface area contributed by atoms with Gasteiger partial charge in [-0.15, -0.1) is 11.3 Å². The molecule has 1 aromatic heterocycles. The molecule has 0 amide bonds. The van der Waals surface area contributed by atoms with E-state index in [9.17, 15) is 0 Å². The van der Waals surface area contributed by atoms with Gasteiger partial charge in [-0.1, -0.05) is 178 Å². The number of anilines is 3. The van der Waals surface area contributed by atoms with Gasteiger partial charge in [0.1, 0.15) is 0 Å². The highest BCUT2D eigenvalue weighted by Gasteiger charge is 2.36. The second-order valence-electron chi connectivity index (χ2n) is 16.9. The Morgan fingerprint density at radius 1 is 0.361 bits per heavy atom. The van der Waals surface area contributed by atoms with Gasteiger partial charge in [0.25, 0.3) is 0 Å². The number of fused-ring (bicyclic) bond motifs is 9. The van der Waals surface area contributed by atoms with E-state index in [1.165, 1.54) is 97.4 Å². The number of thiophene rings is 1. The van der Waals surface area contributed by atoms with E-state index < -0.39 is 0 Å². The van der Waals surface area contributed by atoms with Gasteiger partial charge in [0, 0.05) is 42.5 Å². The fourth-order valence-corrected chi connectivity index (χ4v) is 11.3. The van der Waals surface area contributed by atoms with Crippen LogP contribution in [-0.4, -0.2) is 0 Å². The van der Waals surface area contributed by atoms with Crippen LogP contribution in [0.5, 0.6) is 0 Å². The molecule has 2 heteroatoms. The van der Waals surface area contributed by atoms with E-state index in [0.717, 1.165) is 17.1 Å². The maximum atomic E-state index is 2.53. The Bertz CT molecular complexity index is 3520. The Hall–Kier alpha value is -7.26. The zero-order valence-corrected chi connectivity index (χ0v) is 34.9. The van der Waals surface area contributed by atoms with Crippen LogP contribution in [0.3, 0.4) is 0 Å². The van der Waals surface area contributed by atoms with Crippen molar-refractivity contribution in [3.63, 3.8) is 0 Å². The molecule has 0 spiro atoms. The minimum absolute atomic E-state index is 0.151. The first-order valence-electron chi connectivity index (χ1n) is 21.2. The Morgan fingerprint density at radius 2 is 0.984 bits per heavy atom. The van der Waals surface area contributed by atoms with Crippen molar-refractivity contribution < 1.29 is 0 Å². The molecule has 1 aliphatic carbocycles. The first-order chi connectivity index (χ1) is 30.0. The number of nitrogens with zero attached hydrogens (tertiary/aromatic N) is 1. The smallest absolute Gasteiger partial charge is 0.0546 e. The lowest BCUT2D eigenvalue weighted by Crippen LogP contribution is -2.17. The Balaban J connectivity index is 1.17. The van der Waals surface area contributed by atoms with Crippen LogP contribution in [0, 0.1) is 0 Å². The lowest BCUT2D eigenvalue weighted by atomic mass is 9.82. The topological polar surface area (TPSA) is 3.24 Å². The quantitative estimate of drug-likeness (QED) is 0.152. The molecule has 1 heterocycles. The van der Waals surface area contributed by atoms with Crippen molar-refractivity contribution in [2.24, 2.45) is 0 Å². The van der Waals surface area contributed by atoms with Crippen LogP contribution in [0.2, 0.25) is 0 Å². The highest BCUT2D eigenvalue weighted by molar-refractivity contribution is 7.25. The summed E-state index contributed by atoms with van der Waals surface area (Å²) >= 11 is 1.87. The van der Waals surface area contributed by atoms with Crippen molar-refractivity contribution >= 4 is 70.1 Å². The molecule has 0 saturated carbocycles. The van der Waals surface area contributed by atoms with Crippen molar-refractivity contribution in [2.75, 3.05) is 4.90 Å². The van der Waals surface area contributed by atoms with E-state index in [0.29, 0.717) is 0 Å². The van der Waals surface area contributed by atoms with E-state index in [2.05, 4.69) is 231 Å². The summed E-state index contributed by atoms with van der Waals surface area (Å²) in [6.45, 7) is 4.75. The average molecular weight is 796 g/mol. The summed E-state index contributed by atoms with van der Waals surface area (Å²) in [5.74, 6) is 0. The minimum Gasteiger partial charge on any atom is -0.310 e. The third kappa shape index (κ3) is 5.67. The molecule has 0 bridgehead atoms. The Labute approximate surface area is 360 Å². The first-order valence-corrected chi connectivity index (χ1v) is 22.0. The SMILES string of the molecule is CC1(C)c2ccccc2-c2ccc(N(c3ccc4c(c3)sc3ccccc34)c3cccc(-c4cc5ccccc5c5ccccc45)c3-c3cccc(-c4ccccc4)c3)cc21. The second-order valence-corrected chi connectivity index (χ2v) is 17.9. The van der Waals surface area contributed by atoms with Gasteiger partial charge in [-0.05, 0) is 120 Å². The molecule has 0 aliphatic heterocycles. The van der Waals surface area contributed by atoms with Crippen LogP contribution in [0.15, 0.2) is 212 Å². The van der Waals surface area contributed by atoms with Crippen molar-refractivity contribution in [2.45, 2.75) is 19.3 Å². The summed E-state index contributed by atoms with van der Waals surface area (Å²) in [5.41, 5.74) is 15.8. The number of benzene rings is 10. The van der Waals surface area contributed by atoms with Crippen molar-refractivity contribution in [3.8, 4) is 44.5 Å². The molecular weight excluding hydrogens is 755 g/mol. The fourth-order valence-electron chi connectivity index (χ4n) is 10.1. The minimum atomic E-state index is -0.151. The summed E-state index contributed by atoms with van der Waals surface area (Å²) in [7, 11) is 0.